The molecule has 0 aliphatic heterocycles. The Labute approximate surface area is 235 Å². The second-order valence-corrected chi connectivity index (χ2v) is 7.54. The second kappa shape index (κ2) is 23.0. The molecule has 22 heteroatoms. The number of hydrogen-bond donors (Lipinski definition) is 18. The summed E-state index contributed by atoms with van der Waals surface area (Å²) in [6.45, 7) is -2.53. The molecule has 12 atom stereocenters. The molecular formula is C18H36AlO21. The van der Waals surface area contributed by atoms with Crippen molar-refractivity contribution in [3.63, 3.8) is 0 Å². The average molecular weight is 615 g/mol. The van der Waals surface area contributed by atoms with Crippen molar-refractivity contribution in [1.29, 1.82) is 0 Å². The normalized spacial score (nSPS) is 19.9. The number of carboxylic acid groups (broad SMARTS) is 3. The molecule has 0 rings (SSSR count). The van der Waals surface area contributed by atoms with E-state index in [1.165, 1.54) is 0 Å². The van der Waals surface area contributed by atoms with E-state index in [-0.39, 0.29) is 17.4 Å². The molecule has 40 heavy (non-hydrogen) atoms. The van der Waals surface area contributed by atoms with Crippen LogP contribution in [-0.4, -0.2) is 220 Å². The van der Waals surface area contributed by atoms with Gasteiger partial charge in [0.2, 0.25) is 0 Å². The Morgan fingerprint density at radius 2 is 0.525 bits per heavy atom. The first kappa shape index (κ1) is 45.3. The van der Waals surface area contributed by atoms with E-state index < -0.39 is 111 Å². The predicted molar refractivity (Wildman–Crippen MR) is 122 cm³/mol. The Hall–Kier alpha value is -1.66. The van der Waals surface area contributed by atoms with E-state index >= 15 is 0 Å². The van der Waals surface area contributed by atoms with Gasteiger partial charge >= 0.3 is 17.9 Å². The minimum absolute atomic E-state index is 0. The first-order valence-corrected chi connectivity index (χ1v) is 10.4. The number of carboxylic acids is 3. The van der Waals surface area contributed by atoms with Gasteiger partial charge in [-0.15, -0.1) is 0 Å². The quantitative estimate of drug-likeness (QED) is 0.0760. The lowest BCUT2D eigenvalue weighted by molar-refractivity contribution is -0.164. The Balaban J connectivity index is -0.000000240. The van der Waals surface area contributed by atoms with Crippen LogP contribution in [0.15, 0.2) is 0 Å². The molecular weight excluding hydrogens is 579 g/mol. The highest BCUT2D eigenvalue weighted by atomic mass is 27.0. The maximum atomic E-state index is 10.1. The van der Waals surface area contributed by atoms with Gasteiger partial charge in [0, 0.05) is 17.4 Å². The fourth-order valence-corrected chi connectivity index (χ4v) is 2.01. The van der Waals surface area contributed by atoms with Crippen molar-refractivity contribution in [3.05, 3.63) is 0 Å². The zero-order valence-electron chi connectivity index (χ0n) is 20.4. The summed E-state index contributed by atoms with van der Waals surface area (Å²) in [6.07, 6.45) is -23.5. The molecule has 0 unspecified atom stereocenters. The summed E-state index contributed by atoms with van der Waals surface area (Å²) in [5.41, 5.74) is 0. The van der Waals surface area contributed by atoms with Crippen LogP contribution in [0.4, 0.5) is 0 Å². The number of aliphatic hydroxyl groups excluding tert-OH is 15. The summed E-state index contributed by atoms with van der Waals surface area (Å²) in [4.78, 5) is 30.3. The molecule has 3 radical (unpaired) electrons. The Kier molecular flexibility index (Phi) is 26.0. The van der Waals surface area contributed by atoms with Crippen molar-refractivity contribution in [2.24, 2.45) is 0 Å². The third-order valence-electron chi connectivity index (χ3n) is 4.52. The van der Waals surface area contributed by atoms with E-state index in [9.17, 15) is 14.4 Å². The predicted octanol–water partition coefficient (Wildman–Crippen LogP) is -10.9. The van der Waals surface area contributed by atoms with Gasteiger partial charge < -0.3 is 91.9 Å². The van der Waals surface area contributed by atoms with E-state index in [1.54, 1.807) is 0 Å². The van der Waals surface area contributed by atoms with Crippen molar-refractivity contribution < 1.29 is 106 Å². The van der Waals surface area contributed by atoms with Crippen molar-refractivity contribution in [1.82, 2.24) is 0 Å². The highest BCUT2D eigenvalue weighted by Gasteiger charge is 2.35. The Morgan fingerprint density at radius 3 is 0.625 bits per heavy atom. The summed E-state index contributed by atoms with van der Waals surface area (Å²) in [7, 11) is 0. The van der Waals surface area contributed by atoms with Gasteiger partial charge in [-0.25, -0.2) is 14.4 Å². The minimum atomic E-state index is -2.20. The molecule has 0 aliphatic rings. The van der Waals surface area contributed by atoms with Gasteiger partial charge in [0.05, 0.1) is 19.8 Å². The highest BCUT2D eigenvalue weighted by Crippen LogP contribution is 2.06. The lowest BCUT2D eigenvalue weighted by Gasteiger charge is -2.23. The Morgan fingerprint density at radius 1 is 0.375 bits per heavy atom. The van der Waals surface area contributed by atoms with Crippen LogP contribution in [0.2, 0.25) is 0 Å². The molecule has 0 bridgehead atoms. The molecule has 18 N–H and O–H groups in total. The van der Waals surface area contributed by atoms with Crippen molar-refractivity contribution >= 4 is 35.3 Å². The molecule has 0 saturated carbocycles. The van der Waals surface area contributed by atoms with Gasteiger partial charge in [-0.1, -0.05) is 0 Å². The smallest absolute Gasteiger partial charge is 0.335 e. The maximum absolute atomic E-state index is 10.1. The van der Waals surface area contributed by atoms with Gasteiger partial charge in [0.15, 0.2) is 18.3 Å². The molecule has 0 aromatic heterocycles. The van der Waals surface area contributed by atoms with Gasteiger partial charge in [-0.3, -0.25) is 0 Å². The van der Waals surface area contributed by atoms with Crippen LogP contribution in [0.3, 0.4) is 0 Å². The van der Waals surface area contributed by atoms with Crippen LogP contribution in [0.5, 0.6) is 0 Å². The minimum Gasteiger partial charge on any atom is -0.479 e. The summed E-state index contributed by atoms with van der Waals surface area (Å²) in [5, 5.41) is 155. The van der Waals surface area contributed by atoms with Crippen molar-refractivity contribution in [3.8, 4) is 0 Å². The third kappa shape index (κ3) is 16.6. The molecule has 0 amide bonds. The van der Waals surface area contributed by atoms with Crippen LogP contribution in [0.25, 0.3) is 0 Å². The zero-order valence-corrected chi connectivity index (χ0v) is 21.6. The molecule has 237 valence electrons. The van der Waals surface area contributed by atoms with Gasteiger partial charge in [-0.2, -0.15) is 0 Å². The fraction of sp³-hybridized carbons (Fsp3) is 0.833. The monoisotopic (exact) mass is 615 g/mol. The maximum Gasteiger partial charge on any atom is 0.335 e. The lowest BCUT2D eigenvalue weighted by Crippen LogP contribution is -2.48. The van der Waals surface area contributed by atoms with E-state index in [4.69, 9.17) is 91.9 Å². The number of rotatable bonds is 15. The number of aliphatic hydroxyl groups is 15. The molecule has 0 aromatic carbocycles. The Bertz CT molecular complexity index is 608. The number of aliphatic carboxylic acids is 3. The van der Waals surface area contributed by atoms with Crippen molar-refractivity contribution in [2.45, 2.75) is 73.2 Å². The number of carbonyl (C=O) groups is 3. The summed E-state index contributed by atoms with van der Waals surface area (Å²) in [6, 6.07) is 0. The van der Waals surface area contributed by atoms with Gasteiger partial charge in [0.25, 0.3) is 0 Å². The second-order valence-electron chi connectivity index (χ2n) is 7.54. The first-order valence-electron chi connectivity index (χ1n) is 10.4. The summed E-state index contributed by atoms with van der Waals surface area (Å²) >= 11 is 0. The van der Waals surface area contributed by atoms with E-state index in [1.807, 2.05) is 0 Å². The first-order chi connectivity index (χ1) is 17.7. The van der Waals surface area contributed by atoms with Crippen LogP contribution in [0.1, 0.15) is 0 Å². The van der Waals surface area contributed by atoms with E-state index in [2.05, 4.69) is 0 Å². The number of hydrogen-bond acceptors (Lipinski definition) is 18. The van der Waals surface area contributed by atoms with Crippen LogP contribution in [-0.2, 0) is 14.4 Å². The molecule has 0 aliphatic carbocycles. The highest BCUT2D eigenvalue weighted by molar-refractivity contribution is 5.75. The van der Waals surface area contributed by atoms with E-state index in [0.717, 1.165) is 0 Å². The molecule has 0 aromatic rings. The summed E-state index contributed by atoms with van der Waals surface area (Å²) in [5.74, 6) is -5.18. The summed E-state index contributed by atoms with van der Waals surface area (Å²) < 4.78 is 0. The third-order valence-corrected chi connectivity index (χ3v) is 4.52. The van der Waals surface area contributed by atoms with Crippen molar-refractivity contribution in [2.75, 3.05) is 19.8 Å². The molecule has 0 heterocycles. The largest absolute Gasteiger partial charge is 0.479 e. The average Bonchev–Trinajstić information content (AvgIpc) is 2.92. The standard InChI is InChI=1S/3C6H12O7.Al/c3*7-1-2(8)3(9)4(10)5(11)6(12)13;/h3*2-5,7-11H,1H2,(H,12,13);/t3*2-,3-,4+,5-;/m111./s1. The van der Waals surface area contributed by atoms with E-state index in [0.29, 0.717) is 0 Å². The zero-order chi connectivity index (χ0) is 31.8. The molecule has 0 fully saturated rings. The van der Waals surface area contributed by atoms with Crippen LogP contribution < -0.4 is 0 Å². The van der Waals surface area contributed by atoms with Crippen LogP contribution >= 0.6 is 0 Å². The lowest BCUT2D eigenvalue weighted by atomic mass is 10.0. The SMILES string of the molecule is O=C(O)[C@H](O)[C@@H](O)[C@H](O)[C@H](O)CO.O=C(O)[C@H](O)[C@@H](O)[C@H](O)[C@H](O)CO.O=C(O)[C@H](O)[C@@H](O)[C@H](O)[C@H](O)CO.[Al]. The molecule has 21 nitrogen and oxygen atoms in total. The van der Waals surface area contributed by atoms with Crippen LogP contribution in [0, 0.1) is 0 Å². The molecule has 0 spiro atoms. The fourth-order valence-electron chi connectivity index (χ4n) is 2.01. The topological polar surface area (TPSA) is 415 Å². The molecule has 0 saturated heterocycles. The van der Waals surface area contributed by atoms with Gasteiger partial charge in [-0.05, 0) is 0 Å². The van der Waals surface area contributed by atoms with Gasteiger partial charge in [0.1, 0.15) is 54.9 Å².